The van der Waals surface area contributed by atoms with Gasteiger partial charge in [0.25, 0.3) is 0 Å². The van der Waals surface area contributed by atoms with Gasteiger partial charge < -0.3 is 19.6 Å². The normalized spacial score (nSPS) is 17.9. The summed E-state index contributed by atoms with van der Waals surface area (Å²) in [5.41, 5.74) is 0. The number of rotatable bonds is 5. The summed E-state index contributed by atoms with van der Waals surface area (Å²) in [6.45, 7) is 0.847. The first kappa shape index (κ1) is 14.2. The van der Waals surface area contributed by atoms with Gasteiger partial charge in [0.1, 0.15) is 6.10 Å². The molecule has 0 aliphatic rings. The summed E-state index contributed by atoms with van der Waals surface area (Å²) < 4.78 is 40.1. The Morgan fingerprint density at radius 1 is 1.07 bits per heavy atom. The van der Waals surface area contributed by atoms with E-state index in [1.807, 2.05) is 0 Å². The molecule has 8 nitrogen and oxygen atoms in total. The lowest BCUT2D eigenvalue weighted by Crippen LogP contribution is -2.23. The van der Waals surface area contributed by atoms with Gasteiger partial charge in [-0.05, 0) is 6.92 Å². The Hall–Kier alpha value is 0.150. The van der Waals surface area contributed by atoms with Crippen LogP contribution in [0.25, 0.3) is 0 Å². The Bertz CT molecular complexity index is 240. The van der Waals surface area contributed by atoms with E-state index in [-0.39, 0.29) is 0 Å². The smallest absolute Gasteiger partial charge is 0.303 e. The number of alkyl halides is 1. The number of phosphoric ester groups is 2. The third-order valence-electron chi connectivity index (χ3n) is 0.911. The van der Waals surface area contributed by atoms with Crippen molar-refractivity contribution in [3.8, 4) is 0 Å². The second-order valence-corrected chi connectivity index (χ2v) is 4.63. The van der Waals surface area contributed by atoms with E-state index in [1.54, 1.807) is 0 Å². The Morgan fingerprint density at radius 3 is 1.71 bits per heavy atom. The van der Waals surface area contributed by atoms with Crippen LogP contribution in [0, 0.1) is 0 Å². The zero-order valence-electron chi connectivity index (χ0n) is 6.85. The van der Waals surface area contributed by atoms with E-state index in [0.717, 1.165) is 6.92 Å². The molecule has 0 aromatic rings. The van der Waals surface area contributed by atoms with Crippen LogP contribution in [0.15, 0.2) is 0 Å². The zero-order valence-corrected chi connectivity index (χ0v) is 8.64. The summed E-state index contributed by atoms with van der Waals surface area (Å²) in [6.07, 6.45) is -4.44. The van der Waals surface area contributed by atoms with Crippen LogP contribution < -0.4 is 0 Å². The van der Waals surface area contributed by atoms with Crippen molar-refractivity contribution in [2.75, 3.05) is 0 Å². The summed E-state index contributed by atoms with van der Waals surface area (Å²) in [6, 6.07) is 0. The maximum Gasteiger partial charge on any atom is 0.472 e. The van der Waals surface area contributed by atoms with E-state index in [1.165, 1.54) is 0 Å². The monoisotopic (exact) mass is 254 g/mol. The molecule has 0 bridgehead atoms. The van der Waals surface area contributed by atoms with E-state index in [9.17, 15) is 13.5 Å². The lowest BCUT2D eigenvalue weighted by Gasteiger charge is -2.17. The molecule has 0 saturated carbocycles. The van der Waals surface area contributed by atoms with E-state index in [4.69, 9.17) is 19.6 Å². The number of halogens is 1. The van der Waals surface area contributed by atoms with Crippen molar-refractivity contribution in [3.05, 3.63) is 0 Å². The van der Waals surface area contributed by atoms with Gasteiger partial charge >= 0.3 is 15.6 Å². The summed E-state index contributed by atoms with van der Waals surface area (Å²) in [5, 5.41) is 0. The molecule has 0 fully saturated rings. The minimum Gasteiger partial charge on any atom is -0.303 e. The topological polar surface area (TPSA) is 134 Å². The predicted molar refractivity (Wildman–Crippen MR) is 40.6 cm³/mol. The standard InChI is InChI=1S/C3H9FO8P2/c1-2(11-13(5,6)7)3(4)12-14(8,9)10/h2-3H,1H3,(H2,5,6,7)(H2,8,9,10). The van der Waals surface area contributed by atoms with Gasteiger partial charge in [0.2, 0.25) is 6.36 Å². The minimum atomic E-state index is -5.05. The Balaban J connectivity index is 4.20. The molecule has 11 heteroatoms. The van der Waals surface area contributed by atoms with Gasteiger partial charge in [0, 0.05) is 0 Å². The van der Waals surface area contributed by atoms with E-state index in [2.05, 4.69) is 9.05 Å². The summed E-state index contributed by atoms with van der Waals surface area (Å²) >= 11 is 0. The van der Waals surface area contributed by atoms with Crippen LogP contribution in [0.2, 0.25) is 0 Å². The van der Waals surface area contributed by atoms with Crippen LogP contribution in [0.3, 0.4) is 0 Å². The van der Waals surface area contributed by atoms with Crippen molar-refractivity contribution in [2.24, 2.45) is 0 Å². The van der Waals surface area contributed by atoms with Gasteiger partial charge in [-0.3, -0.25) is 4.52 Å². The molecule has 0 aliphatic carbocycles. The van der Waals surface area contributed by atoms with Crippen LogP contribution >= 0.6 is 15.6 Å². The third kappa shape index (κ3) is 7.54. The summed E-state index contributed by atoms with van der Waals surface area (Å²) in [5.74, 6) is 0. The summed E-state index contributed by atoms with van der Waals surface area (Å²) in [7, 11) is -9.96. The lowest BCUT2D eigenvalue weighted by atomic mass is 10.4. The fourth-order valence-corrected chi connectivity index (χ4v) is 1.44. The molecule has 2 atom stereocenters. The number of hydrogen-bond acceptors (Lipinski definition) is 4. The average Bonchev–Trinajstić information content (AvgIpc) is 1.78. The van der Waals surface area contributed by atoms with Crippen LogP contribution in [0.4, 0.5) is 4.39 Å². The van der Waals surface area contributed by atoms with Crippen molar-refractivity contribution in [2.45, 2.75) is 19.4 Å². The lowest BCUT2D eigenvalue weighted by molar-refractivity contribution is -0.0503. The Morgan fingerprint density at radius 2 is 1.43 bits per heavy atom. The first-order valence-corrected chi connectivity index (χ1v) is 6.19. The largest absolute Gasteiger partial charge is 0.472 e. The molecule has 0 rings (SSSR count). The molecular formula is C3H9FO8P2. The average molecular weight is 254 g/mol. The van der Waals surface area contributed by atoms with Gasteiger partial charge in [-0.25, -0.2) is 18.0 Å². The molecule has 0 heterocycles. The van der Waals surface area contributed by atoms with E-state index >= 15 is 0 Å². The zero-order chi connectivity index (χ0) is 11.6. The molecular weight excluding hydrogens is 245 g/mol. The molecule has 4 N–H and O–H groups in total. The van der Waals surface area contributed by atoms with E-state index in [0.29, 0.717) is 0 Å². The van der Waals surface area contributed by atoms with Crippen molar-refractivity contribution in [1.82, 2.24) is 0 Å². The highest BCUT2D eigenvalue weighted by Gasteiger charge is 2.31. The van der Waals surface area contributed by atoms with Gasteiger partial charge in [-0.15, -0.1) is 0 Å². The van der Waals surface area contributed by atoms with Crippen LogP contribution in [-0.2, 0) is 18.2 Å². The molecule has 0 amide bonds. The molecule has 2 unspecified atom stereocenters. The van der Waals surface area contributed by atoms with Crippen LogP contribution in [0.5, 0.6) is 0 Å². The highest BCUT2D eigenvalue weighted by atomic mass is 31.2. The third-order valence-corrected chi connectivity index (χ3v) is 1.99. The molecule has 0 radical (unpaired) electrons. The van der Waals surface area contributed by atoms with E-state index < -0.39 is 28.1 Å². The van der Waals surface area contributed by atoms with Crippen molar-refractivity contribution in [1.29, 1.82) is 0 Å². The maximum absolute atomic E-state index is 12.6. The molecule has 0 spiro atoms. The Kier molecular flexibility index (Phi) is 4.83. The fraction of sp³-hybridized carbons (Fsp3) is 1.00. The quantitative estimate of drug-likeness (QED) is 0.499. The predicted octanol–water partition coefficient (Wildman–Crippen LogP) is -0.111. The second-order valence-electron chi connectivity index (χ2n) is 2.25. The SMILES string of the molecule is CC(OP(=O)(O)O)C(F)OP(=O)(O)O. The van der Waals surface area contributed by atoms with Gasteiger partial charge in [-0.2, -0.15) is 0 Å². The first-order chi connectivity index (χ1) is 6.01. The molecule has 0 aromatic carbocycles. The highest BCUT2D eigenvalue weighted by molar-refractivity contribution is 7.46. The first-order valence-electron chi connectivity index (χ1n) is 3.13. The molecule has 0 saturated heterocycles. The number of hydrogen-bond donors (Lipinski definition) is 4. The van der Waals surface area contributed by atoms with Crippen LogP contribution in [-0.4, -0.2) is 32.0 Å². The highest BCUT2D eigenvalue weighted by Crippen LogP contribution is 2.42. The maximum atomic E-state index is 12.6. The van der Waals surface area contributed by atoms with Crippen molar-refractivity contribution < 1.29 is 42.1 Å². The molecule has 0 aliphatic heterocycles. The Labute approximate surface area is 78.1 Å². The minimum absolute atomic E-state index is 0.847. The fourth-order valence-electron chi connectivity index (χ4n) is 0.481. The van der Waals surface area contributed by atoms with Gasteiger partial charge in [0.15, 0.2) is 0 Å². The number of phosphoric acid groups is 2. The molecule has 14 heavy (non-hydrogen) atoms. The van der Waals surface area contributed by atoms with Crippen molar-refractivity contribution in [3.63, 3.8) is 0 Å². The molecule has 0 aromatic heterocycles. The summed E-state index contributed by atoms with van der Waals surface area (Å²) in [4.78, 5) is 32.7. The van der Waals surface area contributed by atoms with Gasteiger partial charge in [-0.1, -0.05) is 0 Å². The second kappa shape index (κ2) is 4.78. The molecule has 86 valence electrons. The van der Waals surface area contributed by atoms with Crippen molar-refractivity contribution >= 4 is 15.6 Å². The van der Waals surface area contributed by atoms with Crippen LogP contribution in [0.1, 0.15) is 6.92 Å². The van der Waals surface area contributed by atoms with Gasteiger partial charge in [0.05, 0.1) is 0 Å².